The first-order valence-electron chi connectivity index (χ1n) is 9.34. The lowest BCUT2D eigenvalue weighted by Crippen LogP contribution is -2.48. The van der Waals surface area contributed by atoms with E-state index in [1.807, 2.05) is 0 Å². The minimum Gasteiger partial charge on any atom is -0.393 e. The third-order valence-electron chi connectivity index (χ3n) is 7.71. The van der Waals surface area contributed by atoms with Crippen LogP contribution in [0.15, 0.2) is 11.1 Å². The van der Waals surface area contributed by atoms with Gasteiger partial charge in [0, 0.05) is 12.8 Å². The molecule has 4 aliphatic rings. The number of aliphatic hydroxyl groups excluding tert-OH is 1. The van der Waals surface area contributed by atoms with Gasteiger partial charge in [-0.05, 0) is 67.1 Å². The minimum atomic E-state index is -0.107. The second-order valence-electron chi connectivity index (χ2n) is 8.97. The van der Waals surface area contributed by atoms with Gasteiger partial charge in [-0.25, -0.2) is 0 Å². The van der Waals surface area contributed by atoms with E-state index in [4.69, 9.17) is 0 Å². The van der Waals surface area contributed by atoms with Crippen LogP contribution in [0.3, 0.4) is 0 Å². The van der Waals surface area contributed by atoms with E-state index in [1.165, 1.54) is 12.8 Å². The summed E-state index contributed by atoms with van der Waals surface area (Å²) in [5.74, 6) is 3.62. The Morgan fingerprint density at radius 1 is 1.18 bits per heavy atom. The van der Waals surface area contributed by atoms with Crippen LogP contribution < -0.4 is 0 Å². The van der Waals surface area contributed by atoms with Gasteiger partial charge < -0.3 is 5.11 Å². The quantitative estimate of drug-likeness (QED) is 0.683. The zero-order chi connectivity index (χ0) is 15.6. The fraction of sp³-hybridized carbons (Fsp3) is 0.850. The predicted octanol–water partition coefficient (Wildman–Crippen LogP) is 4.13. The molecule has 0 bridgehead atoms. The second-order valence-corrected chi connectivity index (χ2v) is 8.97. The molecule has 122 valence electrons. The summed E-state index contributed by atoms with van der Waals surface area (Å²) in [6, 6.07) is 0. The highest BCUT2D eigenvalue weighted by molar-refractivity contribution is 5.80. The standard InChI is InChI=1S/C20H30O2/c1-11-8-13-9-14(21)4-5-15(13)18-12(2)10-20(3)16(19(11)18)6-7-17(20)22/h11-13,16-17,19,22H,4-10H2,1-3H3/t11-,12?,13?,16?,17+,19?,20+/m1/s1. The molecule has 2 heteroatoms. The van der Waals surface area contributed by atoms with Crippen molar-refractivity contribution in [3.8, 4) is 0 Å². The Kier molecular flexibility index (Phi) is 3.35. The monoisotopic (exact) mass is 302 g/mol. The van der Waals surface area contributed by atoms with Crippen LogP contribution in [-0.2, 0) is 4.79 Å². The van der Waals surface area contributed by atoms with Crippen molar-refractivity contribution in [2.75, 3.05) is 0 Å². The fourth-order valence-corrected chi connectivity index (χ4v) is 6.85. The maximum Gasteiger partial charge on any atom is 0.133 e. The van der Waals surface area contributed by atoms with Gasteiger partial charge >= 0.3 is 0 Å². The summed E-state index contributed by atoms with van der Waals surface area (Å²) in [6.45, 7) is 7.13. The molecule has 4 aliphatic carbocycles. The van der Waals surface area contributed by atoms with Crippen LogP contribution in [-0.4, -0.2) is 17.0 Å². The number of allylic oxidation sites excluding steroid dienone is 2. The van der Waals surface area contributed by atoms with Gasteiger partial charge in [0.05, 0.1) is 6.10 Å². The van der Waals surface area contributed by atoms with Gasteiger partial charge in [-0.2, -0.15) is 0 Å². The Balaban J connectivity index is 1.78. The van der Waals surface area contributed by atoms with Crippen molar-refractivity contribution in [1.82, 2.24) is 0 Å². The van der Waals surface area contributed by atoms with Crippen molar-refractivity contribution in [2.24, 2.45) is 35.0 Å². The highest BCUT2D eigenvalue weighted by Gasteiger charge is 2.57. The van der Waals surface area contributed by atoms with Gasteiger partial charge in [-0.1, -0.05) is 31.9 Å². The predicted molar refractivity (Wildman–Crippen MR) is 87.3 cm³/mol. The molecular formula is C20H30O2. The lowest BCUT2D eigenvalue weighted by molar-refractivity contribution is -0.121. The number of rotatable bonds is 0. The molecule has 0 aromatic rings. The van der Waals surface area contributed by atoms with Crippen molar-refractivity contribution in [3.05, 3.63) is 11.1 Å². The molecule has 3 fully saturated rings. The SMILES string of the molecule is CC1C[C@@]2(C)C(CC[C@@H]2O)C2C1=C1CCC(=O)CC1C[C@H]2C. The van der Waals surface area contributed by atoms with Crippen molar-refractivity contribution < 1.29 is 9.90 Å². The molecule has 2 nitrogen and oxygen atoms in total. The Labute approximate surface area is 134 Å². The summed E-state index contributed by atoms with van der Waals surface area (Å²) in [5, 5.41) is 10.6. The average Bonchev–Trinajstić information content (AvgIpc) is 2.74. The molecule has 0 aromatic heterocycles. The summed E-state index contributed by atoms with van der Waals surface area (Å²) in [5.41, 5.74) is 3.52. The Morgan fingerprint density at radius 3 is 2.73 bits per heavy atom. The lowest BCUT2D eigenvalue weighted by Gasteiger charge is -2.54. The van der Waals surface area contributed by atoms with Gasteiger partial charge in [0.1, 0.15) is 5.78 Å². The summed E-state index contributed by atoms with van der Waals surface area (Å²) in [6.07, 6.45) is 7.01. The normalized spacial score (nSPS) is 51.4. The number of carbonyl (C=O) groups excluding carboxylic acids is 1. The van der Waals surface area contributed by atoms with Crippen LogP contribution in [0.4, 0.5) is 0 Å². The third kappa shape index (κ3) is 1.92. The van der Waals surface area contributed by atoms with Crippen LogP contribution in [0.25, 0.3) is 0 Å². The van der Waals surface area contributed by atoms with Crippen LogP contribution in [0.5, 0.6) is 0 Å². The molecule has 4 rings (SSSR count). The highest BCUT2D eigenvalue weighted by Crippen LogP contribution is 2.63. The molecule has 7 atom stereocenters. The molecule has 1 N–H and O–H groups in total. The molecular weight excluding hydrogens is 272 g/mol. The molecule has 0 aliphatic heterocycles. The zero-order valence-corrected chi connectivity index (χ0v) is 14.3. The Hall–Kier alpha value is -0.630. The molecule has 0 spiro atoms. The lowest BCUT2D eigenvalue weighted by atomic mass is 9.51. The number of hydrogen-bond donors (Lipinski definition) is 1. The maximum absolute atomic E-state index is 11.9. The summed E-state index contributed by atoms with van der Waals surface area (Å²) < 4.78 is 0. The molecule has 0 heterocycles. The molecule has 3 saturated carbocycles. The molecule has 0 amide bonds. The number of aliphatic hydroxyl groups is 1. The number of carbonyl (C=O) groups is 1. The summed E-state index contributed by atoms with van der Waals surface area (Å²) in [7, 11) is 0. The van der Waals surface area contributed by atoms with E-state index >= 15 is 0 Å². The van der Waals surface area contributed by atoms with E-state index in [0.29, 0.717) is 35.4 Å². The third-order valence-corrected chi connectivity index (χ3v) is 7.71. The number of hydrogen-bond acceptors (Lipinski definition) is 2. The summed E-state index contributed by atoms with van der Waals surface area (Å²) in [4.78, 5) is 11.9. The first-order valence-corrected chi connectivity index (χ1v) is 9.34. The fourth-order valence-electron chi connectivity index (χ4n) is 6.85. The van der Waals surface area contributed by atoms with Gasteiger partial charge in [0.15, 0.2) is 0 Å². The van der Waals surface area contributed by atoms with Crippen molar-refractivity contribution in [2.45, 2.75) is 71.8 Å². The molecule has 22 heavy (non-hydrogen) atoms. The maximum atomic E-state index is 11.9. The zero-order valence-electron chi connectivity index (χ0n) is 14.3. The number of fused-ring (bicyclic) bond motifs is 4. The highest BCUT2D eigenvalue weighted by atomic mass is 16.3. The van der Waals surface area contributed by atoms with Crippen LogP contribution >= 0.6 is 0 Å². The van der Waals surface area contributed by atoms with Crippen LogP contribution in [0, 0.1) is 35.0 Å². The average molecular weight is 302 g/mol. The van der Waals surface area contributed by atoms with Gasteiger partial charge in [-0.15, -0.1) is 0 Å². The van der Waals surface area contributed by atoms with E-state index in [9.17, 15) is 9.90 Å². The number of ketones is 1. The largest absolute Gasteiger partial charge is 0.393 e. The number of Topliss-reactive ketones (excluding diaryl/α,β-unsaturated/α-hetero) is 1. The second kappa shape index (κ2) is 4.93. The van der Waals surface area contributed by atoms with E-state index in [0.717, 1.165) is 32.1 Å². The minimum absolute atomic E-state index is 0.107. The van der Waals surface area contributed by atoms with E-state index in [2.05, 4.69) is 20.8 Å². The smallest absolute Gasteiger partial charge is 0.133 e. The molecule has 0 aromatic carbocycles. The van der Waals surface area contributed by atoms with Gasteiger partial charge in [-0.3, -0.25) is 4.79 Å². The molecule has 0 radical (unpaired) electrons. The van der Waals surface area contributed by atoms with Crippen molar-refractivity contribution in [3.63, 3.8) is 0 Å². The van der Waals surface area contributed by atoms with E-state index in [-0.39, 0.29) is 11.5 Å². The summed E-state index contributed by atoms with van der Waals surface area (Å²) >= 11 is 0. The first-order chi connectivity index (χ1) is 10.4. The Bertz CT molecular complexity index is 534. The van der Waals surface area contributed by atoms with Crippen molar-refractivity contribution >= 4 is 5.78 Å². The van der Waals surface area contributed by atoms with Crippen LogP contribution in [0.2, 0.25) is 0 Å². The van der Waals surface area contributed by atoms with Gasteiger partial charge in [0.2, 0.25) is 0 Å². The van der Waals surface area contributed by atoms with E-state index in [1.54, 1.807) is 11.1 Å². The van der Waals surface area contributed by atoms with Crippen molar-refractivity contribution in [1.29, 1.82) is 0 Å². The molecule has 4 unspecified atom stereocenters. The van der Waals surface area contributed by atoms with Gasteiger partial charge in [0.25, 0.3) is 0 Å². The van der Waals surface area contributed by atoms with Crippen LogP contribution in [0.1, 0.15) is 65.7 Å². The Morgan fingerprint density at radius 2 is 1.95 bits per heavy atom. The first kappa shape index (κ1) is 14.9. The van der Waals surface area contributed by atoms with E-state index < -0.39 is 0 Å². The topological polar surface area (TPSA) is 37.3 Å². The molecule has 0 saturated heterocycles.